The molecular formula is C14H15NO3S. The smallest absolute Gasteiger partial charge is 0.309 e. The van der Waals surface area contributed by atoms with Crippen LogP contribution in [0.25, 0.3) is 0 Å². The summed E-state index contributed by atoms with van der Waals surface area (Å²) >= 11 is 0. The van der Waals surface area contributed by atoms with Gasteiger partial charge in [0.15, 0.2) is 6.20 Å². The molecule has 0 aliphatic rings. The predicted molar refractivity (Wildman–Crippen MR) is 72.2 cm³/mol. The first-order valence-electron chi connectivity index (χ1n) is 5.91. The van der Waals surface area contributed by atoms with Crippen molar-refractivity contribution in [2.45, 2.75) is 24.1 Å². The second-order valence-corrected chi connectivity index (χ2v) is 6.68. The van der Waals surface area contributed by atoms with Gasteiger partial charge in [-0.3, -0.25) is 0 Å². The Hall–Kier alpha value is -1.88. The lowest BCUT2D eigenvalue weighted by atomic mass is 10.1. The first-order valence-corrected chi connectivity index (χ1v) is 7.46. The summed E-state index contributed by atoms with van der Waals surface area (Å²) < 4.78 is 25.2. The van der Waals surface area contributed by atoms with Gasteiger partial charge in [0.25, 0.3) is 0 Å². The number of aryl methyl sites for hydroxylation is 1. The minimum absolute atomic E-state index is 0.219. The Balaban J connectivity index is 2.45. The Morgan fingerprint density at radius 1 is 1.11 bits per heavy atom. The Bertz CT molecular complexity index is 678. The molecule has 0 amide bonds. The van der Waals surface area contributed by atoms with E-state index in [1.165, 1.54) is 18.3 Å². The standard InChI is InChI=1S/C14H15NO3S/c1-11-6-8-13(9-7-11)12(2)19(17,18)14-5-3-4-10-15(14)16/h3-10,12H,1-2H3. The maximum atomic E-state index is 12.4. The summed E-state index contributed by atoms with van der Waals surface area (Å²) in [5.41, 5.74) is 1.74. The highest BCUT2D eigenvalue weighted by Crippen LogP contribution is 2.26. The van der Waals surface area contributed by atoms with Gasteiger partial charge in [-0.25, -0.2) is 8.42 Å². The van der Waals surface area contributed by atoms with Gasteiger partial charge in [0.1, 0.15) is 0 Å². The lowest BCUT2D eigenvalue weighted by Gasteiger charge is -2.12. The fraction of sp³-hybridized carbons (Fsp3) is 0.214. The Labute approximate surface area is 112 Å². The molecule has 1 atom stereocenters. The third-order valence-electron chi connectivity index (χ3n) is 3.09. The van der Waals surface area contributed by atoms with E-state index >= 15 is 0 Å². The Morgan fingerprint density at radius 3 is 2.32 bits per heavy atom. The van der Waals surface area contributed by atoms with E-state index in [4.69, 9.17) is 0 Å². The molecule has 1 aromatic carbocycles. The van der Waals surface area contributed by atoms with Crippen molar-refractivity contribution in [3.8, 4) is 0 Å². The van der Waals surface area contributed by atoms with E-state index in [9.17, 15) is 13.6 Å². The lowest BCUT2D eigenvalue weighted by molar-refractivity contribution is -0.646. The van der Waals surface area contributed by atoms with Crippen LogP contribution in [0.1, 0.15) is 23.3 Å². The van der Waals surface area contributed by atoms with Gasteiger partial charge in [-0.05, 0) is 25.5 Å². The number of nitrogens with zero attached hydrogens (tertiary/aromatic N) is 1. The zero-order chi connectivity index (χ0) is 14.0. The number of rotatable bonds is 3. The van der Waals surface area contributed by atoms with Gasteiger partial charge >= 0.3 is 5.03 Å². The van der Waals surface area contributed by atoms with Crippen LogP contribution in [-0.2, 0) is 9.84 Å². The highest BCUT2D eigenvalue weighted by atomic mass is 32.2. The molecule has 2 rings (SSSR count). The normalized spacial score (nSPS) is 13.2. The molecule has 0 aliphatic carbocycles. The minimum Gasteiger partial charge on any atom is -0.618 e. The largest absolute Gasteiger partial charge is 0.618 e. The Kier molecular flexibility index (Phi) is 3.57. The summed E-state index contributed by atoms with van der Waals surface area (Å²) in [4.78, 5) is 0. The molecule has 0 fully saturated rings. The molecule has 5 heteroatoms. The highest BCUT2D eigenvalue weighted by Gasteiger charge is 2.31. The van der Waals surface area contributed by atoms with E-state index < -0.39 is 15.1 Å². The van der Waals surface area contributed by atoms with E-state index in [1.54, 1.807) is 25.1 Å². The van der Waals surface area contributed by atoms with Crippen molar-refractivity contribution in [3.05, 3.63) is 65.0 Å². The zero-order valence-electron chi connectivity index (χ0n) is 10.8. The van der Waals surface area contributed by atoms with Crippen LogP contribution in [0.2, 0.25) is 0 Å². The van der Waals surface area contributed by atoms with Gasteiger partial charge in [0.05, 0.1) is 5.25 Å². The average Bonchev–Trinajstić information content (AvgIpc) is 2.39. The molecular weight excluding hydrogens is 262 g/mol. The molecule has 4 nitrogen and oxygen atoms in total. The van der Waals surface area contributed by atoms with Gasteiger partial charge in [0.2, 0.25) is 9.84 Å². The van der Waals surface area contributed by atoms with Crippen molar-refractivity contribution in [3.63, 3.8) is 0 Å². The highest BCUT2D eigenvalue weighted by molar-refractivity contribution is 7.91. The number of aromatic nitrogens is 1. The quantitative estimate of drug-likeness (QED) is 0.638. The third kappa shape index (κ3) is 2.61. The predicted octanol–water partition coefficient (Wildman–Crippen LogP) is 2.16. The molecule has 0 N–H and O–H groups in total. The number of benzene rings is 1. The summed E-state index contributed by atoms with van der Waals surface area (Å²) in [5.74, 6) is 0. The van der Waals surface area contributed by atoms with E-state index in [0.717, 1.165) is 5.56 Å². The van der Waals surface area contributed by atoms with Crippen molar-refractivity contribution >= 4 is 9.84 Å². The topological polar surface area (TPSA) is 61.1 Å². The molecule has 0 aliphatic heterocycles. The van der Waals surface area contributed by atoms with E-state index in [0.29, 0.717) is 10.3 Å². The number of hydrogen-bond acceptors (Lipinski definition) is 3. The van der Waals surface area contributed by atoms with Gasteiger partial charge < -0.3 is 5.21 Å². The van der Waals surface area contributed by atoms with Crippen LogP contribution in [0.4, 0.5) is 0 Å². The molecule has 0 saturated carbocycles. The summed E-state index contributed by atoms with van der Waals surface area (Å²) in [5, 5.41) is 10.6. The van der Waals surface area contributed by atoms with Crippen LogP contribution in [0.3, 0.4) is 0 Å². The summed E-state index contributed by atoms with van der Waals surface area (Å²) in [6.45, 7) is 3.53. The molecule has 19 heavy (non-hydrogen) atoms. The van der Waals surface area contributed by atoms with Gasteiger partial charge in [-0.2, -0.15) is 4.73 Å². The lowest BCUT2D eigenvalue weighted by Crippen LogP contribution is -2.34. The first-order chi connectivity index (χ1) is 8.93. The number of sulfone groups is 1. The van der Waals surface area contributed by atoms with Crippen molar-refractivity contribution < 1.29 is 13.1 Å². The van der Waals surface area contributed by atoms with Crippen molar-refractivity contribution in [2.75, 3.05) is 0 Å². The minimum atomic E-state index is -3.69. The van der Waals surface area contributed by atoms with Gasteiger partial charge in [0, 0.05) is 12.1 Å². The zero-order valence-corrected chi connectivity index (χ0v) is 11.6. The third-order valence-corrected chi connectivity index (χ3v) is 5.19. The maximum Gasteiger partial charge on any atom is 0.309 e. The van der Waals surface area contributed by atoms with Crippen LogP contribution in [-0.4, -0.2) is 8.42 Å². The maximum absolute atomic E-state index is 12.4. The molecule has 0 spiro atoms. The monoisotopic (exact) mass is 277 g/mol. The molecule has 0 saturated heterocycles. The fourth-order valence-electron chi connectivity index (χ4n) is 1.83. The number of pyridine rings is 1. The van der Waals surface area contributed by atoms with Crippen molar-refractivity contribution in [1.82, 2.24) is 0 Å². The molecule has 0 radical (unpaired) electrons. The molecule has 1 unspecified atom stereocenters. The molecule has 1 aromatic heterocycles. The van der Waals surface area contributed by atoms with Crippen LogP contribution < -0.4 is 4.73 Å². The van der Waals surface area contributed by atoms with Crippen LogP contribution in [0, 0.1) is 12.1 Å². The fourth-order valence-corrected chi connectivity index (χ4v) is 3.29. The van der Waals surface area contributed by atoms with E-state index in [1.807, 2.05) is 19.1 Å². The molecule has 0 bridgehead atoms. The van der Waals surface area contributed by atoms with Crippen LogP contribution in [0.5, 0.6) is 0 Å². The van der Waals surface area contributed by atoms with Crippen LogP contribution in [0.15, 0.2) is 53.7 Å². The SMILES string of the molecule is Cc1ccc(C(C)S(=O)(=O)c2cccc[n+]2[O-])cc1. The average molecular weight is 277 g/mol. The van der Waals surface area contributed by atoms with Crippen molar-refractivity contribution in [1.29, 1.82) is 0 Å². The summed E-state index contributed by atoms with van der Waals surface area (Å²) in [6, 6.07) is 11.6. The summed E-state index contributed by atoms with van der Waals surface area (Å²) in [7, 11) is -3.69. The summed E-state index contributed by atoms with van der Waals surface area (Å²) in [6.07, 6.45) is 1.19. The van der Waals surface area contributed by atoms with E-state index in [-0.39, 0.29) is 5.03 Å². The molecule has 1 heterocycles. The molecule has 100 valence electrons. The van der Waals surface area contributed by atoms with Crippen LogP contribution >= 0.6 is 0 Å². The second-order valence-electron chi connectivity index (χ2n) is 4.46. The van der Waals surface area contributed by atoms with Gasteiger partial charge in [-0.15, -0.1) is 0 Å². The number of hydrogen-bond donors (Lipinski definition) is 0. The first kappa shape index (κ1) is 13.5. The van der Waals surface area contributed by atoms with E-state index in [2.05, 4.69) is 0 Å². The van der Waals surface area contributed by atoms with Crippen molar-refractivity contribution in [2.24, 2.45) is 0 Å². The molecule has 2 aromatic rings. The Morgan fingerprint density at radius 2 is 1.74 bits per heavy atom. The second kappa shape index (κ2) is 5.01. The van der Waals surface area contributed by atoms with Gasteiger partial charge in [-0.1, -0.05) is 29.8 Å².